The number of nitrogens with two attached hydrogens (primary N) is 3. The summed E-state index contributed by atoms with van der Waals surface area (Å²) in [6, 6.07) is 0. The van der Waals surface area contributed by atoms with Crippen LogP contribution in [0.2, 0.25) is 0 Å². The average Bonchev–Trinajstić information content (AvgIpc) is 3.66. The molecule has 0 spiro atoms. The second kappa shape index (κ2) is 21.1. The van der Waals surface area contributed by atoms with Crippen molar-refractivity contribution in [2.45, 2.75) is 82.8 Å². The molecule has 14 N–H and O–H groups in total. The largest absolute Gasteiger partial charge is 0.481 e. The average molecular weight is 896 g/mol. The number of nitrogens with zero attached hydrogens (tertiary/aromatic N) is 4. The summed E-state index contributed by atoms with van der Waals surface area (Å²) in [6.45, 7) is 0.453. The SMILES string of the molecule is CC(C)(COP(=O)(O)OP(=O)(O)OC[C@H]1O[C@@H](n2cnc3c(N)ncnc32)[C@H](O)[C@@H]1OP(=O)(O)O)[C@@H](O)C(=O)NCCC(=O)NCCSC(=O)CCCCC(N)N. The molecule has 2 unspecified atom stereocenters. The van der Waals surface area contributed by atoms with Crippen LogP contribution in [0, 0.1) is 5.41 Å². The topological polar surface area (TPSA) is 416 Å². The van der Waals surface area contributed by atoms with Crippen molar-refractivity contribution in [3.8, 4) is 0 Å². The van der Waals surface area contributed by atoms with Crippen LogP contribution in [0.15, 0.2) is 12.7 Å². The highest BCUT2D eigenvalue weighted by Crippen LogP contribution is 2.61. The van der Waals surface area contributed by atoms with Gasteiger partial charge in [0.25, 0.3) is 0 Å². The second-order valence-corrected chi connectivity index (χ2v) is 18.6. The van der Waals surface area contributed by atoms with Crippen molar-refractivity contribution < 1.29 is 80.5 Å². The van der Waals surface area contributed by atoms with E-state index < -0.39 is 90.7 Å². The number of imidazole rings is 1. The Bertz CT molecular complexity index is 1840. The Labute approximate surface area is 329 Å². The third kappa shape index (κ3) is 15.9. The lowest BCUT2D eigenvalue weighted by Crippen LogP contribution is -2.46. The van der Waals surface area contributed by atoms with Gasteiger partial charge in [-0.25, -0.2) is 28.6 Å². The zero-order valence-corrected chi connectivity index (χ0v) is 34.1. The minimum Gasteiger partial charge on any atom is -0.386 e. The molecule has 26 nitrogen and oxygen atoms in total. The number of anilines is 1. The molecule has 2 aromatic heterocycles. The molecule has 2 amide bonds. The van der Waals surface area contributed by atoms with Gasteiger partial charge in [-0.15, -0.1) is 0 Å². The smallest absolute Gasteiger partial charge is 0.386 e. The summed E-state index contributed by atoms with van der Waals surface area (Å²) in [5.74, 6) is -1.14. The molecule has 1 fully saturated rings. The molecule has 57 heavy (non-hydrogen) atoms. The van der Waals surface area contributed by atoms with Gasteiger partial charge in [-0.2, -0.15) is 4.31 Å². The third-order valence-corrected chi connectivity index (χ3v) is 12.0. The van der Waals surface area contributed by atoms with Crippen LogP contribution in [-0.4, -0.2) is 129 Å². The number of hydrogen-bond donors (Lipinski definition) is 11. The van der Waals surface area contributed by atoms with Crippen LogP contribution in [0.25, 0.3) is 11.2 Å². The molecule has 2 aromatic rings. The Morgan fingerprint density at radius 3 is 2.37 bits per heavy atom. The van der Waals surface area contributed by atoms with Gasteiger partial charge in [-0.05, 0) is 12.8 Å². The summed E-state index contributed by atoms with van der Waals surface area (Å²) in [4.78, 5) is 87.5. The number of aliphatic hydroxyl groups excluding tert-OH is 2. The molecule has 324 valence electrons. The molecule has 1 saturated heterocycles. The number of carbonyl (C=O) groups is 3. The second-order valence-electron chi connectivity index (χ2n) is 13.2. The number of nitrogen functional groups attached to an aromatic ring is 1. The van der Waals surface area contributed by atoms with Gasteiger partial charge in [-0.3, -0.25) is 32.5 Å². The number of hydrogen-bond acceptors (Lipinski definition) is 20. The fourth-order valence-corrected chi connectivity index (χ4v) is 8.57. The molecule has 0 aromatic carbocycles. The molecule has 1 aliphatic heterocycles. The molecule has 0 radical (unpaired) electrons. The van der Waals surface area contributed by atoms with Crippen molar-refractivity contribution in [3.63, 3.8) is 0 Å². The molecular weight excluding hydrogens is 847 g/mol. The maximum Gasteiger partial charge on any atom is 0.481 e. The summed E-state index contributed by atoms with van der Waals surface area (Å²) in [5, 5.41) is 26.3. The van der Waals surface area contributed by atoms with E-state index in [-0.39, 0.29) is 41.6 Å². The van der Waals surface area contributed by atoms with Crippen molar-refractivity contribution in [1.29, 1.82) is 0 Å². The van der Waals surface area contributed by atoms with Gasteiger partial charge < -0.3 is 62.4 Å². The first-order valence-electron chi connectivity index (χ1n) is 17.0. The number of unbranched alkanes of at least 4 members (excludes halogenated alkanes) is 1. The van der Waals surface area contributed by atoms with Crippen LogP contribution >= 0.6 is 35.2 Å². The number of aliphatic hydroxyl groups is 2. The number of rotatable bonds is 24. The fourth-order valence-electron chi connectivity index (χ4n) is 5.02. The molecule has 0 aliphatic carbocycles. The number of nitrogens with one attached hydrogen (secondary N) is 2. The lowest BCUT2D eigenvalue weighted by molar-refractivity contribution is -0.137. The normalized spacial score (nSPS) is 21.6. The summed E-state index contributed by atoms with van der Waals surface area (Å²) < 4.78 is 62.1. The van der Waals surface area contributed by atoms with Crippen LogP contribution in [0.4, 0.5) is 5.82 Å². The predicted octanol–water partition coefficient (Wildman–Crippen LogP) is -1.53. The lowest BCUT2D eigenvalue weighted by atomic mass is 9.87. The predicted molar refractivity (Wildman–Crippen MR) is 198 cm³/mol. The van der Waals surface area contributed by atoms with E-state index in [1.54, 1.807) is 0 Å². The standard InChI is InChI=1S/C27H48N9O17P3S/c1-27(2,22(40)25(41)32-8-7-17(37)31-9-10-57-18(38)6-4-3-5-16(28)29)12-50-56(47,48)53-55(45,46)49-11-15-21(52-54(42,43)44)20(39)26(51-15)36-14-35-19-23(30)33-13-34-24(19)36/h13-16,20-22,26,39-40H,3-12,28-29H2,1-2H3,(H,31,37)(H,32,41)(H,45,46)(H,47,48)(H2,30,33,34)(H2,42,43,44)/t15-,20-,21-,22+,26-/m1/s1. The number of phosphoric acid groups is 3. The van der Waals surface area contributed by atoms with E-state index in [9.17, 15) is 57.9 Å². The molecule has 0 bridgehead atoms. The van der Waals surface area contributed by atoms with Crippen molar-refractivity contribution in [2.24, 2.45) is 16.9 Å². The summed E-state index contributed by atoms with van der Waals surface area (Å²) in [7, 11) is -16.4. The highest BCUT2D eigenvalue weighted by molar-refractivity contribution is 8.13. The van der Waals surface area contributed by atoms with E-state index in [0.29, 0.717) is 25.0 Å². The first kappa shape index (κ1) is 48.8. The van der Waals surface area contributed by atoms with Gasteiger partial charge in [0, 0.05) is 37.1 Å². The molecule has 1 aliphatic rings. The fraction of sp³-hybridized carbons (Fsp3) is 0.704. The zero-order valence-electron chi connectivity index (χ0n) is 30.6. The van der Waals surface area contributed by atoms with E-state index in [1.165, 1.54) is 13.8 Å². The summed E-state index contributed by atoms with van der Waals surface area (Å²) in [5.41, 5.74) is 15.2. The minimum atomic E-state index is -5.57. The number of ether oxygens (including phenoxy) is 1. The first-order chi connectivity index (χ1) is 26.4. The Balaban J connectivity index is 1.45. The Morgan fingerprint density at radius 1 is 1.02 bits per heavy atom. The molecule has 30 heteroatoms. The van der Waals surface area contributed by atoms with Crippen molar-refractivity contribution in [1.82, 2.24) is 30.2 Å². The first-order valence-corrected chi connectivity index (χ1v) is 22.5. The highest BCUT2D eigenvalue weighted by atomic mass is 32.2. The Hall–Kier alpha value is -2.52. The van der Waals surface area contributed by atoms with Crippen molar-refractivity contribution in [3.05, 3.63) is 12.7 Å². The lowest BCUT2D eigenvalue weighted by Gasteiger charge is -2.30. The quantitative estimate of drug-likeness (QED) is 0.0323. The van der Waals surface area contributed by atoms with E-state index >= 15 is 0 Å². The van der Waals surface area contributed by atoms with Gasteiger partial charge in [0.2, 0.25) is 11.8 Å². The monoisotopic (exact) mass is 895 g/mol. The zero-order chi connectivity index (χ0) is 42.8. The van der Waals surface area contributed by atoms with E-state index in [0.717, 1.165) is 35.4 Å². The van der Waals surface area contributed by atoms with Gasteiger partial charge in [0.15, 0.2) is 22.8 Å². The maximum absolute atomic E-state index is 12.7. The maximum atomic E-state index is 12.7. The van der Waals surface area contributed by atoms with E-state index in [4.69, 9.17) is 31.0 Å². The molecule has 7 atom stereocenters. The molecular formula is C27H48N9O17P3S. The van der Waals surface area contributed by atoms with E-state index in [2.05, 4.69) is 34.4 Å². The third-order valence-electron chi connectivity index (χ3n) is 7.93. The Morgan fingerprint density at radius 2 is 1.70 bits per heavy atom. The Kier molecular flexibility index (Phi) is 18.1. The summed E-state index contributed by atoms with van der Waals surface area (Å²) >= 11 is 1.07. The van der Waals surface area contributed by atoms with Crippen molar-refractivity contribution >= 4 is 69.1 Å². The number of fused-ring (bicyclic) bond motifs is 1. The molecule has 3 rings (SSSR count). The van der Waals surface area contributed by atoms with Crippen LogP contribution in [-0.2, 0) is 50.7 Å². The van der Waals surface area contributed by atoms with Crippen LogP contribution in [0.5, 0.6) is 0 Å². The number of aromatic nitrogens is 4. The number of thioether (sulfide) groups is 1. The van der Waals surface area contributed by atoms with Crippen LogP contribution in [0.1, 0.15) is 52.2 Å². The van der Waals surface area contributed by atoms with Gasteiger partial charge in [0.05, 0.1) is 25.7 Å². The number of carbonyl (C=O) groups excluding carboxylic acids is 3. The molecule has 0 saturated carbocycles. The summed E-state index contributed by atoms with van der Waals surface area (Å²) in [6.07, 6.45) is -5.02. The van der Waals surface area contributed by atoms with Crippen LogP contribution in [0.3, 0.4) is 0 Å². The van der Waals surface area contributed by atoms with Crippen molar-refractivity contribution in [2.75, 3.05) is 37.8 Å². The van der Waals surface area contributed by atoms with Gasteiger partial charge in [0.1, 0.15) is 36.3 Å². The van der Waals surface area contributed by atoms with Crippen LogP contribution < -0.4 is 27.8 Å². The molecule has 3 heterocycles. The highest BCUT2D eigenvalue weighted by Gasteiger charge is 2.50. The number of amides is 2. The minimum absolute atomic E-state index is 0.0277. The van der Waals surface area contributed by atoms with E-state index in [1.807, 2.05) is 0 Å². The van der Waals surface area contributed by atoms with Gasteiger partial charge in [-0.1, -0.05) is 32.0 Å². The number of phosphoric ester groups is 3. The van der Waals surface area contributed by atoms with Gasteiger partial charge >= 0.3 is 23.5 Å².